The van der Waals surface area contributed by atoms with Crippen LogP contribution in [0.1, 0.15) is 16.7 Å². The number of carbonyl (C=O) groups is 1. The van der Waals surface area contributed by atoms with Crippen LogP contribution in [0.4, 0.5) is 0 Å². The van der Waals surface area contributed by atoms with Gasteiger partial charge in [-0.1, -0.05) is 60.2 Å². The molecule has 0 saturated carbocycles. The SMILES string of the molecule is Cc1ccc(/C=C/C(=O)NS(=O)(=O)Cc2ccccc2)cc1. The van der Waals surface area contributed by atoms with E-state index < -0.39 is 15.9 Å². The number of amides is 1. The Bertz CT molecular complexity index is 763. The lowest BCUT2D eigenvalue weighted by Gasteiger charge is -2.04. The van der Waals surface area contributed by atoms with Crippen molar-refractivity contribution in [3.05, 3.63) is 77.4 Å². The highest BCUT2D eigenvalue weighted by molar-refractivity contribution is 7.89. The van der Waals surface area contributed by atoms with Crippen molar-refractivity contribution >= 4 is 22.0 Å². The molecular weight excluding hydrogens is 298 g/mol. The third-order valence-corrected chi connectivity index (χ3v) is 4.19. The fourth-order valence-electron chi connectivity index (χ4n) is 1.87. The molecule has 0 heterocycles. The second-order valence-electron chi connectivity index (χ2n) is 4.96. The molecule has 0 aliphatic heterocycles. The predicted molar refractivity (Wildman–Crippen MR) is 87.4 cm³/mol. The minimum atomic E-state index is -3.70. The Morgan fingerprint density at radius 2 is 1.68 bits per heavy atom. The molecule has 0 aromatic heterocycles. The van der Waals surface area contributed by atoms with E-state index in [9.17, 15) is 13.2 Å². The molecule has 0 bridgehead atoms. The summed E-state index contributed by atoms with van der Waals surface area (Å²) in [5.41, 5.74) is 2.58. The molecular formula is C17H17NO3S. The van der Waals surface area contributed by atoms with Crippen LogP contribution in [0.15, 0.2) is 60.7 Å². The Kier molecular flexibility index (Phi) is 5.12. The molecule has 2 rings (SSSR count). The first kappa shape index (κ1) is 16.0. The van der Waals surface area contributed by atoms with Crippen LogP contribution in [-0.2, 0) is 20.6 Å². The second kappa shape index (κ2) is 7.04. The minimum Gasteiger partial charge on any atom is -0.269 e. The highest BCUT2D eigenvalue weighted by Gasteiger charge is 2.13. The lowest BCUT2D eigenvalue weighted by Crippen LogP contribution is -2.30. The van der Waals surface area contributed by atoms with Crippen molar-refractivity contribution < 1.29 is 13.2 Å². The van der Waals surface area contributed by atoms with Gasteiger partial charge in [0.25, 0.3) is 5.91 Å². The fourth-order valence-corrected chi connectivity index (χ4v) is 2.94. The van der Waals surface area contributed by atoms with Gasteiger partial charge in [0.05, 0.1) is 5.75 Å². The Labute approximate surface area is 130 Å². The standard InChI is InChI=1S/C17H17NO3S/c1-14-7-9-15(10-8-14)11-12-17(19)18-22(20,21)13-16-5-3-2-4-6-16/h2-12H,13H2,1H3,(H,18,19)/b12-11+. The molecule has 0 aliphatic rings. The summed E-state index contributed by atoms with van der Waals surface area (Å²) in [7, 11) is -3.70. The molecule has 5 heteroatoms. The maximum absolute atomic E-state index is 11.9. The van der Waals surface area contributed by atoms with Crippen LogP contribution in [-0.4, -0.2) is 14.3 Å². The zero-order valence-electron chi connectivity index (χ0n) is 12.2. The Hall–Kier alpha value is -2.40. The summed E-state index contributed by atoms with van der Waals surface area (Å²) in [5, 5.41) is 0. The zero-order chi connectivity index (χ0) is 16.0. The van der Waals surface area contributed by atoms with Gasteiger partial charge >= 0.3 is 0 Å². The maximum Gasteiger partial charge on any atom is 0.257 e. The van der Waals surface area contributed by atoms with Crippen molar-refractivity contribution in [1.82, 2.24) is 4.72 Å². The van der Waals surface area contributed by atoms with E-state index in [1.165, 1.54) is 6.08 Å². The quantitative estimate of drug-likeness (QED) is 0.863. The van der Waals surface area contributed by atoms with Gasteiger partial charge in [-0.2, -0.15) is 0 Å². The van der Waals surface area contributed by atoms with Crippen LogP contribution in [0, 0.1) is 6.92 Å². The molecule has 0 atom stereocenters. The molecule has 0 saturated heterocycles. The molecule has 4 nitrogen and oxygen atoms in total. The van der Waals surface area contributed by atoms with Crippen LogP contribution in [0.2, 0.25) is 0 Å². The predicted octanol–water partition coefficient (Wildman–Crippen LogP) is 2.65. The maximum atomic E-state index is 11.9. The van der Waals surface area contributed by atoms with Gasteiger partial charge in [-0.15, -0.1) is 0 Å². The van der Waals surface area contributed by atoms with Crippen LogP contribution in [0.5, 0.6) is 0 Å². The van der Waals surface area contributed by atoms with Crippen LogP contribution in [0.3, 0.4) is 0 Å². The lowest BCUT2D eigenvalue weighted by atomic mass is 10.1. The van der Waals surface area contributed by atoms with Crippen molar-refractivity contribution in [3.63, 3.8) is 0 Å². The normalized spacial score (nSPS) is 11.5. The number of rotatable bonds is 5. The number of sulfonamides is 1. The van der Waals surface area contributed by atoms with Crippen molar-refractivity contribution in [1.29, 1.82) is 0 Å². The first-order valence-electron chi connectivity index (χ1n) is 6.78. The largest absolute Gasteiger partial charge is 0.269 e. The third-order valence-electron chi connectivity index (χ3n) is 2.96. The van der Waals surface area contributed by atoms with Gasteiger partial charge in [-0.25, -0.2) is 13.1 Å². The molecule has 0 fully saturated rings. The second-order valence-corrected chi connectivity index (χ2v) is 6.68. The van der Waals surface area contributed by atoms with Gasteiger partial charge in [0.1, 0.15) is 0 Å². The number of benzene rings is 2. The van der Waals surface area contributed by atoms with E-state index in [1.54, 1.807) is 36.4 Å². The van der Waals surface area contributed by atoms with E-state index in [1.807, 2.05) is 35.9 Å². The number of nitrogens with one attached hydrogen (secondary N) is 1. The number of hydrogen-bond donors (Lipinski definition) is 1. The summed E-state index contributed by atoms with van der Waals surface area (Å²) < 4.78 is 25.8. The van der Waals surface area contributed by atoms with Gasteiger partial charge in [0.15, 0.2) is 0 Å². The molecule has 0 radical (unpaired) electrons. The first-order valence-corrected chi connectivity index (χ1v) is 8.43. The van der Waals surface area contributed by atoms with Crippen molar-refractivity contribution in [3.8, 4) is 0 Å². The summed E-state index contributed by atoms with van der Waals surface area (Å²) in [4.78, 5) is 11.7. The zero-order valence-corrected chi connectivity index (χ0v) is 13.0. The monoisotopic (exact) mass is 315 g/mol. The van der Waals surface area contributed by atoms with E-state index >= 15 is 0 Å². The highest BCUT2D eigenvalue weighted by Crippen LogP contribution is 2.06. The van der Waals surface area contributed by atoms with Gasteiger partial charge in [0.2, 0.25) is 10.0 Å². The van der Waals surface area contributed by atoms with E-state index in [-0.39, 0.29) is 5.75 Å². The van der Waals surface area contributed by atoms with Crippen molar-refractivity contribution in [2.75, 3.05) is 0 Å². The topological polar surface area (TPSA) is 63.2 Å². The molecule has 2 aromatic carbocycles. The number of hydrogen-bond acceptors (Lipinski definition) is 3. The highest BCUT2D eigenvalue weighted by atomic mass is 32.2. The average molecular weight is 315 g/mol. The summed E-state index contributed by atoms with van der Waals surface area (Å²) in [5.74, 6) is -0.880. The van der Waals surface area contributed by atoms with Gasteiger partial charge in [0, 0.05) is 6.08 Å². The lowest BCUT2D eigenvalue weighted by molar-refractivity contribution is -0.114. The smallest absolute Gasteiger partial charge is 0.257 e. The molecule has 0 aliphatic carbocycles. The summed E-state index contributed by atoms with van der Waals surface area (Å²) in [6, 6.07) is 16.3. The third kappa shape index (κ3) is 5.18. The van der Waals surface area contributed by atoms with E-state index in [0.717, 1.165) is 11.1 Å². The summed E-state index contributed by atoms with van der Waals surface area (Å²) in [6.07, 6.45) is 2.79. The van der Waals surface area contributed by atoms with E-state index in [2.05, 4.69) is 0 Å². The minimum absolute atomic E-state index is 0.224. The first-order chi connectivity index (χ1) is 10.4. The Morgan fingerprint density at radius 1 is 1.05 bits per heavy atom. The van der Waals surface area contributed by atoms with Gasteiger partial charge < -0.3 is 0 Å². The molecule has 1 amide bonds. The summed E-state index contributed by atoms with van der Waals surface area (Å²) in [6.45, 7) is 1.97. The molecule has 114 valence electrons. The molecule has 2 aromatic rings. The van der Waals surface area contributed by atoms with Crippen LogP contribution in [0.25, 0.3) is 6.08 Å². The van der Waals surface area contributed by atoms with Gasteiger partial charge in [-0.3, -0.25) is 4.79 Å². The Balaban J connectivity index is 1.97. The van der Waals surface area contributed by atoms with E-state index in [4.69, 9.17) is 0 Å². The molecule has 0 unspecified atom stereocenters. The molecule has 0 spiro atoms. The summed E-state index contributed by atoms with van der Waals surface area (Å²) >= 11 is 0. The van der Waals surface area contributed by atoms with E-state index in [0.29, 0.717) is 5.56 Å². The number of carbonyl (C=O) groups excluding carboxylic acids is 1. The fraction of sp³-hybridized carbons (Fsp3) is 0.118. The van der Waals surface area contributed by atoms with Crippen LogP contribution < -0.4 is 4.72 Å². The molecule has 1 N–H and O–H groups in total. The number of aryl methyl sites for hydroxylation is 1. The van der Waals surface area contributed by atoms with Gasteiger partial charge in [-0.05, 0) is 24.1 Å². The van der Waals surface area contributed by atoms with Crippen LogP contribution >= 0.6 is 0 Å². The van der Waals surface area contributed by atoms with Crippen molar-refractivity contribution in [2.45, 2.75) is 12.7 Å². The average Bonchev–Trinajstić information content (AvgIpc) is 2.46. The Morgan fingerprint density at radius 3 is 2.32 bits per heavy atom. The van der Waals surface area contributed by atoms with Crippen molar-refractivity contribution in [2.24, 2.45) is 0 Å². The molecule has 22 heavy (non-hydrogen) atoms.